The third-order valence-electron chi connectivity index (χ3n) is 3.68. The van der Waals surface area contributed by atoms with Crippen LogP contribution in [0.4, 0.5) is 5.82 Å². The van der Waals surface area contributed by atoms with Crippen LogP contribution >= 0.6 is 11.3 Å². The number of hydrogen-bond donors (Lipinski definition) is 1. The van der Waals surface area contributed by atoms with Crippen molar-refractivity contribution in [3.63, 3.8) is 0 Å². The average molecular weight is 290 g/mol. The predicted molar refractivity (Wildman–Crippen MR) is 85.5 cm³/mol. The fourth-order valence-electron chi connectivity index (χ4n) is 2.40. The Morgan fingerprint density at radius 1 is 1.40 bits per heavy atom. The van der Waals surface area contributed by atoms with E-state index < -0.39 is 0 Å². The number of nitrogens with zero attached hydrogens (tertiary/aromatic N) is 2. The van der Waals surface area contributed by atoms with E-state index in [-0.39, 0.29) is 6.61 Å². The summed E-state index contributed by atoms with van der Waals surface area (Å²) in [6.07, 6.45) is 0.994. The van der Waals surface area contributed by atoms with E-state index in [9.17, 15) is 5.11 Å². The summed E-state index contributed by atoms with van der Waals surface area (Å²) in [5.74, 6) is 0.897. The van der Waals surface area contributed by atoms with Crippen LogP contribution in [0.1, 0.15) is 28.6 Å². The Morgan fingerprint density at radius 2 is 2.15 bits per heavy atom. The molecule has 0 spiro atoms. The minimum atomic E-state index is 0.0323. The van der Waals surface area contributed by atoms with Crippen LogP contribution in [0.2, 0.25) is 0 Å². The molecule has 0 amide bonds. The Hall–Kier alpha value is -1.39. The lowest BCUT2D eigenvalue weighted by molar-refractivity contribution is 0.280. The maximum Gasteiger partial charge on any atom is 0.134 e. The second-order valence-electron chi connectivity index (χ2n) is 5.28. The first-order valence-electron chi connectivity index (χ1n) is 6.86. The summed E-state index contributed by atoms with van der Waals surface area (Å²) in [6, 6.07) is 6.61. The third-order valence-corrected chi connectivity index (χ3v) is 4.58. The molecule has 20 heavy (non-hydrogen) atoms. The molecule has 0 saturated carbocycles. The summed E-state index contributed by atoms with van der Waals surface area (Å²) in [5.41, 5.74) is 3.02. The van der Waals surface area contributed by atoms with Crippen molar-refractivity contribution in [2.45, 2.75) is 39.8 Å². The lowest BCUT2D eigenvalue weighted by atomic mass is 10.1. The molecule has 0 saturated heterocycles. The minimum Gasteiger partial charge on any atom is -0.392 e. The normalized spacial score (nSPS) is 12.4. The van der Waals surface area contributed by atoms with Gasteiger partial charge in [-0.2, -0.15) is 0 Å². The molecule has 0 aliphatic rings. The van der Waals surface area contributed by atoms with Gasteiger partial charge in [0.15, 0.2) is 0 Å². The van der Waals surface area contributed by atoms with Gasteiger partial charge in [-0.1, -0.05) is 6.07 Å². The van der Waals surface area contributed by atoms with Gasteiger partial charge < -0.3 is 10.0 Å². The van der Waals surface area contributed by atoms with Crippen LogP contribution in [0.5, 0.6) is 0 Å². The molecule has 3 nitrogen and oxygen atoms in total. The van der Waals surface area contributed by atoms with Crippen LogP contribution < -0.4 is 4.90 Å². The number of aromatic nitrogens is 1. The van der Waals surface area contributed by atoms with E-state index in [1.165, 1.54) is 4.88 Å². The predicted octanol–water partition coefficient (Wildman–Crippen LogP) is 3.32. The summed E-state index contributed by atoms with van der Waals surface area (Å²) in [7, 11) is 2.05. The summed E-state index contributed by atoms with van der Waals surface area (Å²) < 4.78 is 0. The summed E-state index contributed by atoms with van der Waals surface area (Å²) in [5, 5.41) is 11.7. The molecule has 108 valence electrons. The van der Waals surface area contributed by atoms with E-state index in [1.807, 2.05) is 19.9 Å². The van der Waals surface area contributed by atoms with Gasteiger partial charge >= 0.3 is 0 Å². The van der Waals surface area contributed by atoms with Crippen LogP contribution in [0.25, 0.3) is 0 Å². The van der Waals surface area contributed by atoms with E-state index in [1.54, 1.807) is 11.3 Å². The topological polar surface area (TPSA) is 36.4 Å². The lowest BCUT2D eigenvalue weighted by Gasteiger charge is -2.28. The average Bonchev–Trinajstić information content (AvgIpc) is 2.89. The lowest BCUT2D eigenvalue weighted by Crippen LogP contribution is -2.32. The molecule has 1 unspecified atom stereocenters. The van der Waals surface area contributed by atoms with Gasteiger partial charge in [0, 0.05) is 35.6 Å². The van der Waals surface area contributed by atoms with Crippen LogP contribution in [0.3, 0.4) is 0 Å². The van der Waals surface area contributed by atoms with Gasteiger partial charge in [0.2, 0.25) is 0 Å². The number of aliphatic hydroxyl groups is 1. The van der Waals surface area contributed by atoms with Crippen LogP contribution in [0, 0.1) is 13.8 Å². The first-order chi connectivity index (χ1) is 9.52. The van der Waals surface area contributed by atoms with E-state index in [0.29, 0.717) is 6.04 Å². The molecule has 2 aromatic heterocycles. The number of likely N-dealkylation sites (N-methyl/N-ethyl adjacent to an activating group) is 1. The van der Waals surface area contributed by atoms with Crippen LogP contribution in [-0.4, -0.2) is 23.2 Å². The van der Waals surface area contributed by atoms with Crippen LogP contribution in [-0.2, 0) is 13.0 Å². The Morgan fingerprint density at radius 3 is 2.75 bits per heavy atom. The zero-order valence-electron chi connectivity index (χ0n) is 12.6. The number of anilines is 1. The molecular weight excluding hydrogens is 268 g/mol. The Labute approximate surface area is 124 Å². The van der Waals surface area contributed by atoms with Gasteiger partial charge in [-0.25, -0.2) is 4.98 Å². The summed E-state index contributed by atoms with van der Waals surface area (Å²) in [6.45, 7) is 6.25. The number of pyridine rings is 1. The first-order valence-corrected chi connectivity index (χ1v) is 7.74. The fourth-order valence-corrected chi connectivity index (χ4v) is 3.22. The molecule has 0 aliphatic heterocycles. The number of thiophene rings is 1. The van der Waals surface area contributed by atoms with Crippen molar-refractivity contribution in [2.75, 3.05) is 11.9 Å². The van der Waals surface area contributed by atoms with E-state index in [4.69, 9.17) is 0 Å². The van der Waals surface area contributed by atoms with Crippen molar-refractivity contribution in [1.82, 2.24) is 4.98 Å². The second-order valence-corrected chi connectivity index (χ2v) is 6.32. The highest BCUT2D eigenvalue weighted by Gasteiger charge is 2.17. The highest BCUT2D eigenvalue weighted by Crippen LogP contribution is 2.24. The molecule has 0 bridgehead atoms. The highest BCUT2D eigenvalue weighted by molar-refractivity contribution is 7.09. The smallest absolute Gasteiger partial charge is 0.134 e. The molecule has 0 fully saturated rings. The van der Waals surface area contributed by atoms with E-state index >= 15 is 0 Å². The summed E-state index contributed by atoms with van der Waals surface area (Å²) in [4.78, 5) is 8.17. The highest BCUT2D eigenvalue weighted by atomic mass is 32.1. The molecule has 0 radical (unpaired) electrons. The van der Waals surface area contributed by atoms with Gasteiger partial charge in [0.05, 0.1) is 6.61 Å². The zero-order valence-corrected chi connectivity index (χ0v) is 13.4. The summed E-state index contributed by atoms with van der Waals surface area (Å²) >= 11 is 1.78. The molecule has 2 aromatic rings. The van der Waals surface area contributed by atoms with Crippen molar-refractivity contribution in [3.8, 4) is 0 Å². The Bertz CT molecular complexity index is 566. The first kappa shape index (κ1) is 15.0. The minimum absolute atomic E-state index is 0.0323. The number of rotatable bonds is 5. The molecule has 1 N–H and O–H groups in total. The molecule has 0 aromatic carbocycles. The van der Waals surface area contributed by atoms with Crippen molar-refractivity contribution in [1.29, 1.82) is 0 Å². The number of aryl methyl sites for hydroxylation is 2. The van der Waals surface area contributed by atoms with Gasteiger partial charge in [-0.15, -0.1) is 11.3 Å². The monoisotopic (exact) mass is 290 g/mol. The van der Waals surface area contributed by atoms with Crippen molar-refractivity contribution in [3.05, 3.63) is 45.3 Å². The largest absolute Gasteiger partial charge is 0.392 e. The molecule has 2 rings (SSSR count). The third kappa shape index (κ3) is 3.19. The van der Waals surface area contributed by atoms with Gasteiger partial charge in [0.25, 0.3) is 0 Å². The number of hydrogen-bond acceptors (Lipinski definition) is 4. The Balaban J connectivity index is 2.25. The molecular formula is C16H22N2OS. The van der Waals surface area contributed by atoms with Crippen molar-refractivity contribution in [2.24, 2.45) is 0 Å². The molecule has 2 heterocycles. The molecule has 4 heteroatoms. The number of aliphatic hydroxyl groups excluding tert-OH is 1. The van der Waals surface area contributed by atoms with Crippen molar-refractivity contribution < 1.29 is 5.11 Å². The van der Waals surface area contributed by atoms with Crippen LogP contribution in [0.15, 0.2) is 23.6 Å². The van der Waals surface area contributed by atoms with E-state index in [0.717, 1.165) is 29.1 Å². The maximum absolute atomic E-state index is 9.61. The fraction of sp³-hybridized carbons (Fsp3) is 0.438. The van der Waals surface area contributed by atoms with Gasteiger partial charge in [0.1, 0.15) is 5.82 Å². The maximum atomic E-state index is 9.61. The van der Waals surface area contributed by atoms with Crippen molar-refractivity contribution >= 4 is 17.2 Å². The SMILES string of the molecule is Cc1cc(C)c(CO)c(N(C)C(C)Cc2cccs2)n1. The quantitative estimate of drug-likeness (QED) is 0.917. The molecule has 0 aliphatic carbocycles. The van der Waals surface area contributed by atoms with Gasteiger partial charge in [-0.05, 0) is 43.8 Å². The Kier molecular flexibility index (Phi) is 4.78. The van der Waals surface area contributed by atoms with E-state index in [2.05, 4.69) is 41.4 Å². The standard InChI is InChI=1S/C16H22N2OS/c1-11-8-12(2)17-16(15(11)10-19)18(4)13(3)9-14-6-5-7-20-14/h5-8,13,19H,9-10H2,1-4H3. The molecule has 1 atom stereocenters. The zero-order chi connectivity index (χ0) is 14.7. The van der Waals surface area contributed by atoms with Gasteiger partial charge in [-0.3, -0.25) is 0 Å². The second kappa shape index (κ2) is 6.37.